The number of hydrogen-bond acceptors (Lipinski definition) is 4. The smallest absolute Gasteiger partial charge is 0.292 e. The van der Waals surface area contributed by atoms with Gasteiger partial charge in [0, 0.05) is 11.1 Å². The normalized spacial score (nSPS) is 10.2. The fourth-order valence-electron chi connectivity index (χ4n) is 1.93. The van der Waals surface area contributed by atoms with Gasteiger partial charge in [0.25, 0.3) is 11.6 Å². The molecule has 2 rings (SSSR count). The van der Waals surface area contributed by atoms with E-state index in [4.69, 9.17) is 27.9 Å². The zero-order chi connectivity index (χ0) is 17.0. The number of halogens is 2. The van der Waals surface area contributed by atoms with Gasteiger partial charge in [0.2, 0.25) is 0 Å². The summed E-state index contributed by atoms with van der Waals surface area (Å²) in [5, 5.41) is 14.1. The molecule has 0 fully saturated rings. The minimum atomic E-state index is -0.573. The van der Waals surface area contributed by atoms with E-state index in [1.807, 2.05) is 0 Å². The lowest BCUT2D eigenvalue weighted by Crippen LogP contribution is -2.21. The Kier molecular flexibility index (Phi) is 5.41. The van der Waals surface area contributed by atoms with Crippen molar-refractivity contribution < 1.29 is 14.5 Å². The third-order valence-electron chi connectivity index (χ3n) is 2.92. The van der Waals surface area contributed by atoms with Crippen molar-refractivity contribution in [3.63, 3.8) is 0 Å². The van der Waals surface area contributed by atoms with Crippen molar-refractivity contribution in [1.29, 1.82) is 0 Å². The zero-order valence-electron chi connectivity index (χ0n) is 12.0. The highest BCUT2D eigenvalue weighted by Gasteiger charge is 2.16. The molecule has 0 aromatic heterocycles. The van der Waals surface area contributed by atoms with Crippen LogP contribution in [-0.4, -0.2) is 17.4 Å². The third-order valence-corrected chi connectivity index (χ3v) is 3.42. The Labute approximate surface area is 142 Å². The highest BCUT2D eigenvalue weighted by atomic mass is 35.5. The molecule has 6 nitrogen and oxygen atoms in total. The molecule has 0 radical (unpaired) electrons. The van der Waals surface area contributed by atoms with Crippen LogP contribution < -0.4 is 10.1 Å². The lowest BCUT2D eigenvalue weighted by molar-refractivity contribution is -0.383. The van der Waals surface area contributed by atoms with Crippen LogP contribution in [0.1, 0.15) is 5.56 Å². The number of carbonyl (C=O) groups is 1. The number of rotatable bonds is 5. The summed E-state index contributed by atoms with van der Waals surface area (Å²) in [7, 11) is 0. The van der Waals surface area contributed by atoms with Gasteiger partial charge in [-0.3, -0.25) is 14.9 Å². The molecule has 0 atom stereocenters. The molecule has 8 heteroatoms. The molecule has 0 bridgehead atoms. The summed E-state index contributed by atoms with van der Waals surface area (Å²) in [6.07, 6.45) is 0. The lowest BCUT2D eigenvalue weighted by Gasteiger charge is -2.11. The summed E-state index contributed by atoms with van der Waals surface area (Å²) < 4.78 is 5.38. The van der Waals surface area contributed by atoms with E-state index in [-0.39, 0.29) is 23.0 Å². The molecule has 120 valence electrons. The summed E-state index contributed by atoms with van der Waals surface area (Å²) >= 11 is 11.9. The summed E-state index contributed by atoms with van der Waals surface area (Å²) in [5.41, 5.74) is 0.590. The van der Waals surface area contributed by atoms with E-state index in [9.17, 15) is 14.9 Å². The van der Waals surface area contributed by atoms with E-state index in [0.717, 1.165) is 0 Å². The quantitative estimate of drug-likeness (QED) is 0.643. The maximum atomic E-state index is 11.9. The van der Waals surface area contributed by atoms with Crippen LogP contribution in [0.3, 0.4) is 0 Å². The van der Waals surface area contributed by atoms with Crippen molar-refractivity contribution in [1.82, 2.24) is 0 Å². The van der Waals surface area contributed by atoms with Gasteiger partial charge in [-0.2, -0.15) is 0 Å². The van der Waals surface area contributed by atoms with Crippen molar-refractivity contribution >= 4 is 40.5 Å². The number of hydrogen-bond donors (Lipinski definition) is 1. The number of ether oxygens (including phenoxy) is 1. The number of nitrogens with one attached hydrogen (secondary N) is 1. The lowest BCUT2D eigenvalue weighted by atomic mass is 10.2. The first-order chi connectivity index (χ1) is 10.9. The molecule has 0 saturated heterocycles. The minimum Gasteiger partial charge on any atom is -0.482 e. The number of nitro groups is 1. The average molecular weight is 355 g/mol. The van der Waals surface area contributed by atoms with Crippen molar-refractivity contribution in [3.05, 3.63) is 62.1 Å². The Morgan fingerprint density at radius 3 is 2.65 bits per heavy atom. The fraction of sp³-hybridized carbons (Fsp3) is 0.133. The molecular weight excluding hydrogens is 343 g/mol. The van der Waals surface area contributed by atoms with E-state index >= 15 is 0 Å². The second-order valence-corrected chi connectivity index (χ2v) is 5.49. The molecule has 0 heterocycles. The van der Waals surface area contributed by atoms with Gasteiger partial charge in [-0.25, -0.2) is 0 Å². The number of nitro benzene ring substituents is 1. The van der Waals surface area contributed by atoms with Gasteiger partial charge < -0.3 is 10.1 Å². The fourth-order valence-corrected chi connectivity index (χ4v) is 2.58. The van der Waals surface area contributed by atoms with Gasteiger partial charge in [0.05, 0.1) is 9.95 Å². The first kappa shape index (κ1) is 17.1. The van der Waals surface area contributed by atoms with Gasteiger partial charge in [-0.05, 0) is 30.7 Å². The summed E-state index contributed by atoms with van der Waals surface area (Å²) in [5.74, 6) is -0.196. The molecule has 0 aliphatic carbocycles. The number of amides is 1. The Hall–Kier alpha value is -2.31. The first-order valence-corrected chi connectivity index (χ1v) is 7.26. The van der Waals surface area contributed by atoms with Crippen LogP contribution in [0.2, 0.25) is 10.0 Å². The summed E-state index contributed by atoms with van der Waals surface area (Å²) in [4.78, 5) is 22.2. The second kappa shape index (κ2) is 7.30. The van der Waals surface area contributed by atoms with E-state index < -0.39 is 10.8 Å². The molecule has 2 aromatic carbocycles. The average Bonchev–Trinajstić information content (AvgIpc) is 2.46. The molecule has 2 aromatic rings. The van der Waals surface area contributed by atoms with Crippen LogP contribution in [-0.2, 0) is 4.79 Å². The maximum Gasteiger partial charge on any atom is 0.292 e. The molecule has 1 N–H and O–H groups in total. The van der Waals surface area contributed by atoms with Gasteiger partial charge >= 0.3 is 0 Å². The van der Waals surface area contributed by atoms with Crippen LogP contribution in [0.25, 0.3) is 0 Å². The molecular formula is C15H12Cl2N2O4. The molecule has 0 saturated carbocycles. The van der Waals surface area contributed by atoms with Crippen molar-refractivity contribution in [2.75, 3.05) is 11.9 Å². The van der Waals surface area contributed by atoms with E-state index in [1.54, 1.807) is 19.1 Å². The van der Waals surface area contributed by atoms with Crippen LogP contribution in [0, 0.1) is 17.0 Å². The topological polar surface area (TPSA) is 81.5 Å². The minimum absolute atomic E-state index is 0.102. The number of carbonyl (C=O) groups excluding carboxylic acids is 1. The number of benzene rings is 2. The predicted octanol–water partition coefficient (Wildman–Crippen LogP) is 4.23. The number of aryl methyl sites for hydroxylation is 1. The number of para-hydroxylation sites is 2. The molecule has 23 heavy (non-hydrogen) atoms. The number of anilines is 1. The highest BCUT2D eigenvalue weighted by Crippen LogP contribution is 2.31. The Balaban J connectivity index is 2.06. The maximum absolute atomic E-state index is 11.9. The highest BCUT2D eigenvalue weighted by molar-refractivity contribution is 6.35. The SMILES string of the molecule is Cc1cc(Cl)cc(Cl)c1OCC(=O)Nc1ccccc1[N+](=O)[O-]. The summed E-state index contributed by atoms with van der Waals surface area (Å²) in [6.45, 7) is 1.40. The van der Waals surface area contributed by atoms with Gasteiger partial charge in [0.1, 0.15) is 11.4 Å². The monoisotopic (exact) mass is 354 g/mol. The van der Waals surface area contributed by atoms with Crippen molar-refractivity contribution in [3.8, 4) is 5.75 Å². The molecule has 0 aliphatic heterocycles. The molecule has 0 unspecified atom stereocenters. The first-order valence-electron chi connectivity index (χ1n) is 6.50. The zero-order valence-corrected chi connectivity index (χ0v) is 13.5. The van der Waals surface area contributed by atoms with Crippen molar-refractivity contribution in [2.24, 2.45) is 0 Å². The van der Waals surface area contributed by atoms with Crippen LogP contribution in [0.5, 0.6) is 5.75 Å². The Morgan fingerprint density at radius 2 is 2.00 bits per heavy atom. The van der Waals surface area contributed by atoms with Gasteiger partial charge in [-0.1, -0.05) is 35.3 Å². The van der Waals surface area contributed by atoms with Gasteiger partial charge in [0.15, 0.2) is 6.61 Å². The van der Waals surface area contributed by atoms with Crippen LogP contribution in [0.4, 0.5) is 11.4 Å². The van der Waals surface area contributed by atoms with Crippen LogP contribution >= 0.6 is 23.2 Å². The number of nitrogens with zero attached hydrogens (tertiary/aromatic N) is 1. The third kappa shape index (κ3) is 4.34. The van der Waals surface area contributed by atoms with Gasteiger partial charge in [-0.15, -0.1) is 0 Å². The van der Waals surface area contributed by atoms with E-state index in [1.165, 1.54) is 24.3 Å². The second-order valence-electron chi connectivity index (χ2n) is 4.64. The van der Waals surface area contributed by atoms with Crippen LogP contribution in [0.15, 0.2) is 36.4 Å². The predicted molar refractivity (Wildman–Crippen MR) is 88.4 cm³/mol. The van der Waals surface area contributed by atoms with Crippen molar-refractivity contribution in [2.45, 2.75) is 6.92 Å². The molecule has 0 spiro atoms. The largest absolute Gasteiger partial charge is 0.482 e. The Bertz CT molecular complexity index is 742. The van der Waals surface area contributed by atoms with E-state index in [2.05, 4.69) is 5.32 Å². The summed E-state index contributed by atoms with van der Waals surface area (Å²) in [6, 6.07) is 9.01. The molecule has 0 aliphatic rings. The standard InChI is InChI=1S/C15H12Cl2N2O4/c1-9-6-10(16)7-11(17)15(9)23-8-14(20)18-12-4-2-3-5-13(12)19(21)22/h2-7H,8H2,1H3,(H,18,20). The molecule has 1 amide bonds. The Morgan fingerprint density at radius 1 is 1.30 bits per heavy atom. The van der Waals surface area contributed by atoms with E-state index in [0.29, 0.717) is 16.3 Å².